The maximum atomic E-state index is 11.9. The summed E-state index contributed by atoms with van der Waals surface area (Å²) >= 11 is 0. The molecule has 2 rings (SSSR count). The summed E-state index contributed by atoms with van der Waals surface area (Å²) in [6.07, 6.45) is 3.01. The number of carbonyl (C=O) groups excluding carboxylic acids is 2. The Morgan fingerprint density at radius 1 is 0.742 bits per heavy atom. The van der Waals surface area contributed by atoms with E-state index >= 15 is 0 Å². The van der Waals surface area contributed by atoms with Gasteiger partial charge in [0.2, 0.25) is 11.8 Å². The number of aromatic hydroxyl groups is 1. The van der Waals surface area contributed by atoms with Crippen LogP contribution in [0.1, 0.15) is 73.6 Å². The topological polar surface area (TPSA) is 104 Å². The monoisotopic (exact) mass is 431 g/mol. The maximum absolute atomic E-state index is 11.9. The van der Waals surface area contributed by atoms with Gasteiger partial charge >= 0.3 is 0 Å². The second-order valence-corrected chi connectivity index (χ2v) is 5.79. The summed E-state index contributed by atoms with van der Waals surface area (Å²) in [6.45, 7) is 12.0. The van der Waals surface area contributed by atoms with Crippen molar-refractivity contribution in [2.24, 2.45) is 0 Å². The average molecular weight is 432 g/mol. The van der Waals surface area contributed by atoms with Crippen molar-refractivity contribution < 1.29 is 14.7 Å². The molecule has 6 heteroatoms. The minimum atomic E-state index is -0.0774. The average Bonchev–Trinajstić information content (AvgIpc) is 2.81. The minimum Gasteiger partial charge on any atom is -0.508 e. The van der Waals surface area contributed by atoms with Crippen molar-refractivity contribution in [3.8, 4) is 5.75 Å². The van der Waals surface area contributed by atoms with Crippen molar-refractivity contribution in [2.45, 2.75) is 73.6 Å². The zero-order chi connectivity index (χ0) is 24.1. The molecule has 0 aliphatic heterocycles. The normalized spacial score (nSPS) is 8.84. The number of nitrogens with two attached hydrogens (primary N) is 1. The number of anilines is 3. The summed E-state index contributed by atoms with van der Waals surface area (Å²) in [6, 6.07) is 13.5. The molecule has 0 fully saturated rings. The maximum Gasteiger partial charge on any atom is 0.224 e. The molecule has 2 amide bonds. The van der Waals surface area contributed by atoms with Crippen LogP contribution in [0.2, 0.25) is 0 Å². The molecule has 0 unspecified atom stereocenters. The highest BCUT2D eigenvalue weighted by molar-refractivity contribution is 5.93. The van der Waals surface area contributed by atoms with Gasteiger partial charge in [0.1, 0.15) is 5.75 Å². The summed E-state index contributed by atoms with van der Waals surface area (Å²) < 4.78 is 0. The number of nitrogen functional groups attached to an aromatic ring is 1. The smallest absolute Gasteiger partial charge is 0.224 e. The molecule has 0 heterocycles. The van der Waals surface area contributed by atoms with Gasteiger partial charge in [0, 0.05) is 18.5 Å². The standard InChI is InChI=1S/C19H23N3O3.3C2H6/c20-16-6-4-5-7-17(16)22-19(25)9-3-1-2-8-18(24)21-14-10-12-15(23)13-11-14;3*1-2/h4-7,10-13,23H,1-3,8-9,20H2,(H,21,24)(H,22,25);3*1-2H3. The molecule has 0 atom stereocenters. The Morgan fingerprint density at radius 3 is 1.74 bits per heavy atom. The summed E-state index contributed by atoms with van der Waals surface area (Å²) in [4.78, 5) is 23.7. The van der Waals surface area contributed by atoms with Crippen molar-refractivity contribution in [1.82, 2.24) is 0 Å². The number of phenolic OH excluding ortho intramolecular Hbond substituents is 1. The lowest BCUT2D eigenvalue weighted by atomic mass is 10.1. The molecule has 31 heavy (non-hydrogen) atoms. The van der Waals surface area contributed by atoms with E-state index in [1.165, 1.54) is 12.1 Å². The first-order valence-corrected chi connectivity index (χ1v) is 11.3. The van der Waals surface area contributed by atoms with Crippen LogP contribution in [0.4, 0.5) is 17.1 Å². The van der Waals surface area contributed by atoms with Crippen LogP contribution in [0.5, 0.6) is 5.75 Å². The molecular weight excluding hydrogens is 390 g/mol. The number of carbonyl (C=O) groups is 2. The predicted octanol–water partition coefficient (Wildman–Crippen LogP) is 6.58. The van der Waals surface area contributed by atoms with Gasteiger partial charge in [-0.2, -0.15) is 0 Å². The molecule has 2 aromatic carbocycles. The van der Waals surface area contributed by atoms with E-state index in [4.69, 9.17) is 5.73 Å². The van der Waals surface area contributed by atoms with Gasteiger partial charge in [-0.15, -0.1) is 0 Å². The second-order valence-electron chi connectivity index (χ2n) is 5.79. The Hall–Kier alpha value is -3.02. The van der Waals surface area contributed by atoms with Crippen LogP contribution in [0.3, 0.4) is 0 Å². The first-order valence-electron chi connectivity index (χ1n) is 11.3. The van der Waals surface area contributed by atoms with E-state index in [1.54, 1.807) is 24.3 Å². The highest BCUT2D eigenvalue weighted by atomic mass is 16.3. The van der Waals surface area contributed by atoms with Gasteiger partial charge in [0.05, 0.1) is 11.4 Å². The van der Waals surface area contributed by atoms with Crippen LogP contribution in [0, 0.1) is 0 Å². The van der Waals surface area contributed by atoms with E-state index in [9.17, 15) is 14.7 Å². The van der Waals surface area contributed by atoms with Crippen LogP contribution in [0.15, 0.2) is 48.5 Å². The van der Waals surface area contributed by atoms with Crippen molar-refractivity contribution >= 4 is 28.9 Å². The molecular formula is C25H41N3O3. The summed E-state index contributed by atoms with van der Waals surface area (Å²) in [5.74, 6) is 0.00665. The SMILES string of the molecule is CC.CC.CC.Nc1ccccc1NC(=O)CCCCCC(=O)Nc1ccc(O)cc1. The largest absolute Gasteiger partial charge is 0.508 e. The molecule has 0 radical (unpaired) electrons. The van der Waals surface area contributed by atoms with E-state index in [0.29, 0.717) is 42.7 Å². The Morgan fingerprint density at radius 2 is 1.23 bits per heavy atom. The molecule has 0 spiro atoms. The second kappa shape index (κ2) is 20.3. The Kier molecular flexibility index (Phi) is 19.7. The van der Waals surface area contributed by atoms with Gasteiger partial charge in [-0.1, -0.05) is 60.1 Å². The minimum absolute atomic E-state index is 0.0767. The quantitative estimate of drug-likeness (QED) is 0.215. The number of para-hydroxylation sites is 2. The van der Waals surface area contributed by atoms with Crippen LogP contribution >= 0.6 is 0 Å². The molecule has 0 bridgehead atoms. The summed E-state index contributed by atoms with van der Waals surface area (Å²) in [5, 5.41) is 14.7. The first-order chi connectivity index (χ1) is 15.0. The Labute approximate surface area is 188 Å². The molecule has 0 saturated heterocycles. The highest BCUT2D eigenvalue weighted by Crippen LogP contribution is 2.17. The third kappa shape index (κ3) is 14.6. The zero-order valence-electron chi connectivity index (χ0n) is 20.0. The van der Waals surface area contributed by atoms with Gasteiger partial charge in [-0.25, -0.2) is 0 Å². The van der Waals surface area contributed by atoms with E-state index in [1.807, 2.05) is 53.7 Å². The van der Waals surface area contributed by atoms with Crippen molar-refractivity contribution in [1.29, 1.82) is 0 Å². The van der Waals surface area contributed by atoms with Crippen LogP contribution in [-0.4, -0.2) is 16.9 Å². The molecule has 174 valence electrons. The number of hydrogen-bond acceptors (Lipinski definition) is 4. The predicted molar refractivity (Wildman–Crippen MR) is 133 cm³/mol. The summed E-state index contributed by atoms with van der Waals surface area (Å²) in [5.41, 5.74) is 7.60. The van der Waals surface area contributed by atoms with Gasteiger partial charge in [-0.3, -0.25) is 9.59 Å². The number of unbranched alkanes of at least 4 members (excludes halogenated alkanes) is 2. The number of hydrogen-bond donors (Lipinski definition) is 4. The van der Waals surface area contributed by atoms with E-state index in [-0.39, 0.29) is 17.6 Å². The number of amides is 2. The van der Waals surface area contributed by atoms with E-state index in [2.05, 4.69) is 10.6 Å². The fourth-order valence-corrected chi connectivity index (χ4v) is 2.34. The lowest BCUT2D eigenvalue weighted by Gasteiger charge is -2.08. The van der Waals surface area contributed by atoms with Crippen molar-refractivity contribution in [3.63, 3.8) is 0 Å². The lowest BCUT2D eigenvalue weighted by Crippen LogP contribution is -2.13. The van der Waals surface area contributed by atoms with Crippen LogP contribution in [-0.2, 0) is 9.59 Å². The van der Waals surface area contributed by atoms with Crippen molar-refractivity contribution in [2.75, 3.05) is 16.4 Å². The number of benzene rings is 2. The fraction of sp³-hybridized carbons (Fsp3) is 0.440. The molecule has 0 aliphatic carbocycles. The number of phenols is 1. The Bertz CT molecular complexity index is 716. The van der Waals surface area contributed by atoms with Gasteiger partial charge in [0.15, 0.2) is 0 Å². The zero-order valence-corrected chi connectivity index (χ0v) is 20.0. The van der Waals surface area contributed by atoms with Crippen molar-refractivity contribution in [3.05, 3.63) is 48.5 Å². The molecule has 0 aliphatic rings. The highest BCUT2D eigenvalue weighted by Gasteiger charge is 2.06. The lowest BCUT2D eigenvalue weighted by molar-refractivity contribution is -0.116. The molecule has 5 N–H and O–H groups in total. The third-order valence-corrected chi connectivity index (χ3v) is 3.69. The van der Waals surface area contributed by atoms with Crippen LogP contribution in [0.25, 0.3) is 0 Å². The molecule has 6 nitrogen and oxygen atoms in total. The fourth-order valence-electron chi connectivity index (χ4n) is 2.34. The first kappa shape index (κ1) is 30.2. The van der Waals surface area contributed by atoms with E-state index < -0.39 is 0 Å². The van der Waals surface area contributed by atoms with Gasteiger partial charge in [-0.05, 0) is 49.2 Å². The van der Waals surface area contributed by atoms with Gasteiger partial charge < -0.3 is 21.5 Å². The molecule has 0 aromatic heterocycles. The Balaban J connectivity index is 0. The van der Waals surface area contributed by atoms with E-state index in [0.717, 1.165) is 6.42 Å². The van der Waals surface area contributed by atoms with Crippen LogP contribution < -0.4 is 16.4 Å². The number of rotatable bonds is 8. The molecule has 2 aromatic rings. The third-order valence-electron chi connectivity index (χ3n) is 3.69. The molecule has 0 saturated carbocycles. The van der Waals surface area contributed by atoms with Gasteiger partial charge in [0.25, 0.3) is 0 Å². The summed E-state index contributed by atoms with van der Waals surface area (Å²) in [7, 11) is 0. The number of nitrogens with one attached hydrogen (secondary N) is 2.